The molecule has 0 spiro atoms. The van der Waals surface area contributed by atoms with Gasteiger partial charge in [0.15, 0.2) is 0 Å². The molecule has 4 heteroatoms. The van der Waals surface area contributed by atoms with Gasteiger partial charge in [0.1, 0.15) is 17.6 Å². The molecule has 0 aliphatic carbocycles. The van der Waals surface area contributed by atoms with Crippen LogP contribution in [0.3, 0.4) is 0 Å². The first-order valence-corrected chi connectivity index (χ1v) is 12.1. The van der Waals surface area contributed by atoms with Gasteiger partial charge in [0, 0.05) is 12.3 Å². The Bertz CT molecular complexity index is 431. The Morgan fingerprint density at radius 2 is 1.21 bits per heavy atom. The second kappa shape index (κ2) is 19.1. The van der Waals surface area contributed by atoms with Crippen LogP contribution in [-0.2, 0) is 4.79 Å². The minimum Gasteiger partial charge on any atom is -0.510 e. The molecule has 0 aromatic carbocycles. The predicted molar refractivity (Wildman–Crippen MR) is 122 cm³/mol. The van der Waals surface area contributed by atoms with E-state index in [4.69, 9.17) is 5.11 Å². The van der Waals surface area contributed by atoms with Crippen molar-refractivity contribution in [1.82, 2.24) is 0 Å². The van der Waals surface area contributed by atoms with Gasteiger partial charge >= 0.3 is 0 Å². The Hall–Kier alpha value is -0.870. The van der Waals surface area contributed by atoms with Crippen LogP contribution in [0.5, 0.6) is 0 Å². The summed E-state index contributed by atoms with van der Waals surface area (Å²) in [4.78, 5) is 12.2. The number of carbonyl (C=O) groups is 1. The summed E-state index contributed by atoms with van der Waals surface area (Å²) < 4.78 is 0. The molecule has 3 N–H and O–H groups in total. The van der Waals surface area contributed by atoms with Crippen molar-refractivity contribution >= 4 is 5.78 Å². The number of Topliss-reactive ketones (excluding diaryl/α,β-unsaturated/α-hetero) is 1. The molecule has 0 saturated carbocycles. The standard InChI is InChI=1S/C25H48O4/c1-4-5-6-7-8-9-10-11-12-13-14-15-16-17-18-21(2)23(27)19-22(3)25(29)24(28)20-26/h21,24,26,28-29H,4-20H2,1-3H3/b25-22+. The van der Waals surface area contributed by atoms with E-state index in [0.717, 1.165) is 12.8 Å². The summed E-state index contributed by atoms with van der Waals surface area (Å²) in [5, 5.41) is 28.0. The molecule has 0 aromatic rings. The van der Waals surface area contributed by atoms with Crippen molar-refractivity contribution in [3.8, 4) is 0 Å². The third kappa shape index (κ3) is 15.6. The summed E-state index contributed by atoms with van der Waals surface area (Å²) in [5.74, 6) is -0.209. The molecule has 172 valence electrons. The number of aliphatic hydroxyl groups is 3. The number of carbonyl (C=O) groups excluding carboxylic acids is 1. The van der Waals surface area contributed by atoms with Gasteiger partial charge in [0.25, 0.3) is 0 Å². The molecular weight excluding hydrogens is 364 g/mol. The number of rotatable bonds is 20. The molecule has 2 atom stereocenters. The SMILES string of the molecule is CCCCCCCCCCCCCCCCC(C)C(=O)C/C(C)=C(/O)C(O)CO. The van der Waals surface area contributed by atoms with Gasteiger partial charge < -0.3 is 15.3 Å². The van der Waals surface area contributed by atoms with Crippen molar-refractivity contribution in [2.24, 2.45) is 5.92 Å². The molecule has 2 unspecified atom stereocenters. The highest BCUT2D eigenvalue weighted by Gasteiger charge is 2.17. The van der Waals surface area contributed by atoms with Gasteiger partial charge in [-0.2, -0.15) is 0 Å². The van der Waals surface area contributed by atoms with Crippen molar-refractivity contribution in [1.29, 1.82) is 0 Å². The number of hydrogen-bond acceptors (Lipinski definition) is 4. The smallest absolute Gasteiger partial charge is 0.139 e. The summed E-state index contributed by atoms with van der Waals surface area (Å²) in [6.45, 7) is 5.30. The van der Waals surface area contributed by atoms with Gasteiger partial charge in [0.05, 0.1) is 6.61 Å². The second-order valence-electron chi connectivity index (χ2n) is 8.79. The Balaban J connectivity index is 3.60. The number of allylic oxidation sites excluding steroid dienone is 1. The fourth-order valence-electron chi connectivity index (χ4n) is 3.70. The first-order chi connectivity index (χ1) is 13.9. The van der Waals surface area contributed by atoms with Gasteiger partial charge in [-0.25, -0.2) is 0 Å². The molecule has 0 heterocycles. The predicted octanol–water partition coefficient (Wildman–Crippen LogP) is 6.64. The third-order valence-corrected chi connectivity index (χ3v) is 5.91. The average molecular weight is 413 g/mol. The summed E-state index contributed by atoms with van der Waals surface area (Å²) in [7, 11) is 0. The molecule has 0 aliphatic rings. The molecule has 0 aromatic heterocycles. The molecule has 0 saturated heterocycles. The lowest BCUT2D eigenvalue weighted by Gasteiger charge is -2.13. The van der Waals surface area contributed by atoms with E-state index in [2.05, 4.69) is 6.92 Å². The van der Waals surface area contributed by atoms with E-state index >= 15 is 0 Å². The number of unbranched alkanes of at least 4 members (excludes halogenated alkanes) is 13. The molecular formula is C25H48O4. The molecule has 0 radical (unpaired) electrons. The van der Waals surface area contributed by atoms with Crippen LogP contribution in [0, 0.1) is 5.92 Å². The number of aliphatic hydroxyl groups excluding tert-OH is 3. The van der Waals surface area contributed by atoms with Crippen LogP contribution in [0.15, 0.2) is 11.3 Å². The lowest BCUT2D eigenvalue weighted by molar-refractivity contribution is -0.122. The Morgan fingerprint density at radius 3 is 1.62 bits per heavy atom. The zero-order valence-corrected chi connectivity index (χ0v) is 19.4. The highest BCUT2D eigenvalue weighted by Crippen LogP contribution is 2.18. The minimum atomic E-state index is -1.29. The van der Waals surface area contributed by atoms with Crippen LogP contribution in [0.4, 0.5) is 0 Å². The van der Waals surface area contributed by atoms with Gasteiger partial charge in [-0.3, -0.25) is 4.79 Å². The van der Waals surface area contributed by atoms with Crippen LogP contribution in [0.2, 0.25) is 0 Å². The van der Waals surface area contributed by atoms with Gasteiger partial charge in [-0.1, -0.05) is 104 Å². The van der Waals surface area contributed by atoms with Crippen LogP contribution >= 0.6 is 0 Å². The van der Waals surface area contributed by atoms with E-state index in [1.54, 1.807) is 6.92 Å². The van der Waals surface area contributed by atoms with Crippen LogP contribution in [0.25, 0.3) is 0 Å². The first kappa shape index (κ1) is 28.1. The molecule has 4 nitrogen and oxygen atoms in total. The maximum absolute atomic E-state index is 12.2. The third-order valence-electron chi connectivity index (χ3n) is 5.91. The van der Waals surface area contributed by atoms with E-state index in [-0.39, 0.29) is 23.9 Å². The van der Waals surface area contributed by atoms with Gasteiger partial charge in [-0.05, 0) is 18.9 Å². The van der Waals surface area contributed by atoms with E-state index in [1.165, 1.54) is 83.5 Å². The largest absolute Gasteiger partial charge is 0.510 e. The average Bonchev–Trinajstić information content (AvgIpc) is 2.72. The Morgan fingerprint density at radius 1 is 0.793 bits per heavy atom. The van der Waals surface area contributed by atoms with Crippen LogP contribution in [-0.4, -0.2) is 33.8 Å². The fourth-order valence-corrected chi connectivity index (χ4v) is 3.70. The van der Waals surface area contributed by atoms with Crippen molar-refractivity contribution in [2.45, 2.75) is 130 Å². The van der Waals surface area contributed by atoms with E-state index in [1.807, 2.05) is 6.92 Å². The number of ketones is 1. The lowest BCUT2D eigenvalue weighted by Crippen LogP contribution is -2.18. The molecule has 0 fully saturated rings. The molecule has 0 amide bonds. The minimum absolute atomic E-state index is 0.0265. The summed E-state index contributed by atoms with van der Waals surface area (Å²) in [6.07, 6.45) is 18.4. The van der Waals surface area contributed by atoms with E-state index in [9.17, 15) is 15.0 Å². The van der Waals surface area contributed by atoms with Crippen LogP contribution < -0.4 is 0 Å². The lowest BCUT2D eigenvalue weighted by atomic mass is 9.93. The van der Waals surface area contributed by atoms with Gasteiger partial charge in [-0.15, -0.1) is 0 Å². The molecule has 0 aliphatic heterocycles. The van der Waals surface area contributed by atoms with Crippen molar-refractivity contribution in [3.63, 3.8) is 0 Å². The Labute approximate surface area is 179 Å². The number of hydrogen-bond donors (Lipinski definition) is 3. The maximum Gasteiger partial charge on any atom is 0.139 e. The fraction of sp³-hybridized carbons (Fsp3) is 0.880. The summed E-state index contributed by atoms with van der Waals surface area (Å²) in [6, 6.07) is 0. The van der Waals surface area contributed by atoms with Crippen LogP contribution in [0.1, 0.15) is 124 Å². The molecule has 29 heavy (non-hydrogen) atoms. The first-order valence-electron chi connectivity index (χ1n) is 12.1. The highest BCUT2D eigenvalue weighted by atomic mass is 16.3. The van der Waals surface area contributed by atoms with Crippen molar-refractivity contribution in [3.05, 3.63) is 11.3 Å². The second-order valence-corrected chi connectivity index (χ2v) is 8.79. The van der Waals surface area contributed by atoms with Crippen molar-refractivity contribution < 1.29 is 20.1 Å². The van der Waals surface area contributed by atoms with Gasteiger partial charge in [0.2, 0.25) is 0 Å². The summed E-state index contributed by atoms with van der Waals surface area (Å²) >= 11 is 0. The maximum atomic E-state index is 12.2. The zero-order chi connectivity index (χ0) is 21.9. The topological polar surface area (TPSA) is 77.8 Å². The summed E-state index contributed by atoms with van der Waals surface area (Å²) in [5.41, 5.74) is 0.448. The molecule has 0 bridgehead atoms. The quantitative estimate of drug-likeness (QED) is 0.155. The monoisotopic (exact) mass is 412 g/mol. The van der Waals surface area contributed by atoms with E-state index < -0.39 is 12.7 Å². The normalized spacial score (nSPS) is 14.5. The molecule has 0 rings (SSSR count). The Kier molecular flexibility index (Phi) is 18.5. The zero-order valence-electron chi connectivity index (χ0n) is 19.4. The van der Waals surface area contributed by atoms with Crippen molar-refractivity contribution in [2.75, 3.05) is 6.61 Å². The highest BCUT2D eigenvalue weighted by molar-refractivity contribution is 5.82. The van der Waals surface area contributed by atoms with E-state index in [0.29, 0.717) is 5.57 Å².